The minimum absolute atomic E-state index is 0.113. The van der Waals surface area contributed by atoms with Crippen molar-refractivity contribution < 1.29 is 9.18 Å². The standard InChI is InChI=1S/C14H15ClFN5O/c1-20(7-9-2-3-11(16)10(15)6-9)8-12-18-19-13-14(22)17-4-5-21(12)13/h2-3,6H,4-5,7-8H2,1H3,(H,17,22). The van der Waals surface area contributed by atoms with Crippen LogP contribution in [0.15, 0.2) is 18.2 Å². The predicted octanol–water partition coefficient (Wildman–Crippen LogP) is 1.45. The Morgan fingerprint density at radius 3 is 3.00 bits per heavy atom. The minimum atomic E-state index is -0.425. The van der Waals surface area contributed by atoms with Gasteiger partial charge in [0.25, 0.3) is 5.91 Å². The van der Waals surface area contributed by atoms with E-state index in [0.29, 0.717) is 32.0 Å². The third-order valence-electron chi connectivity index (χ3n) is 3.50. The molecule has 0 radical (unpaired) electrons. The summed E-state index contributed by atoms with van der Waals surface area (Å²) in [5, 5.41) is 10.9. The molecule has 1 amide bonds. The monoisotopic (exact) mass is 323 g/mol. The summed E-state index contributed by atoms with van der Waals surface area (Å²) in [4.78, 5) is 13.7. The molecule has 8 heteroatoms. The van der Waals surface area contributed by atoms with Gasteiger partial charge in [0.2, 0.25) is 5.82 Å². The average Bonchev–Trinajstić information content (AvgIpc) is 2.87. The Morgan fingerprint density at radius 1 is 1.41 bits per heavy atom. The summed E-state index contributed by atoms with van der Waals surface area (Å²) < 4.78 is 15.0. The van der Waals surface area contributed by atoms with Crippen molar-refractivity contribution in [2.75, 3.05) is 13.6 Å². The molecule has 0 unspecified atom stereocenters. The van der Waals surface area contributed by atoms with Crippen molar-refractivity contribution in [3.05, 3.63) is 46.3 Å². The zero-order valence-electron chi connectivity index (χ0n) is 12.0. The van der Waals surface area contributed by atoms with Gasteiger partial charge >= 0.3 is 0 Å². The van der Waals surface area contributed by atoms with Gasteiger partial charge in [-0.2, -0.15) is 0 Å². The van der Waals surface area contributed by atoms with Gasteiger partial charge in [-0.15, -0.1) is 10.2 Å². The minimum Gasteiger partial charge on any atom is -0.348 e. The van der Waals surface area contributed by atoms with Crippen molar-refractivity contribution in [3.63, 3.8) is 0 Å². The molecule has 0 aliphatic carbocycles. The molecular weight excluding hydrogens is 309 g/mol. The molecule has 0 saturated heterocycles. The summed E-state index contributed by atoms with van der Waals surface area (Å²) in [6.07, 6.45) is 0. The van der Waals surface area contributed by atoms with Crippen LogP contribution in [0.3, 0.4) is 0 Å². The van der Waals surface area contributed by atoms with E-state index in [9.17, 15) is 9.18 Å². The zero-order valence-corrected chi connectivity index (χ0v) is 12.8. The molecule has 3 rings (SSSR count). The van der Waals surface area contributed by atoms with Crippen LogP contribution in [-0.2, 0) is 19.6 Å². The van der Waals surface area contributed by atoms with E-state index < -0.39 is 5.82 Å². The lowest BCUT2D eigenvalue weighted by molar-refractivity contribution is 0.0920. The van der Waals surface area contributed by atoms with Crippen LogP contribution in [0, 0.1) is 5.82 Å². The van der Waals surface area contributed by atoms with Gasteiger partial charge in [0.1, 0.15) is 11.6 Å². The Morgan fingerprint density at radius 2 is 2.23 bits per heavy atom. The highest BCUT2D eigenvalue weighted by Gasteiger charge is 2.22. The van der Waals surface area contributed by atoms with Crippen LogP contribution in [0.5, 0.6) is 0 Å². The third kappa shape index (κ3) is 2.95. The van der Waals surface area contributed by atoms with Crippen LogP contribution in [0.1, 0.15) is 22.0 Å². The normalized spacial score (nSPS) is 14.1. The van der Waals surface area contributed by atoms with E-state index in [-0.39, 0.29) is 10.9 Å². The van der Waals surface area contributed by atoms with Crippen LogP contribution in [0.4, 0.5) is 4.39 Å². The van der Waals surface area contributed by atoms with Crippen molar-refractivity contribution in [2.24, 2.45) is 0 Å². The van der Waals surface area contributed by atoms with Gasteiger partial charge in [-0.1, -0.05) is 17.7 Å². The highest BCUT2D eigenvalue weighted by molar-refractivity contribution is 6.30. The summed E-state index contributed by atoms with van der Waals surface area (Å²) in [5.74, 6) is 0.462. The number of rotatable bonds is 4. The molecule has 1 aliphatic rings. The first-order chi connectivity index (χ1) is 10.5. The lowest BCUT2D eigenvalue weighted by Gasteiger charge is -2.19. The maximum atomic E-state index is 13.2. The second kappa shape index (κ2) is 6.02. The van der Waals surface area contributed by atoms with Crippen molar-refractivity contribution in [1.82, 2.24) is 25.0 Å². The van der Waals surface area contributed by atoms with Crippen molar-refractivity contribution in [3.8, 4) is 0 Å². The highest BCUT2D eigenvalue weighted by Crippen LogP contribution is 2.17. The second-order valence-corrected chi connectivity index (χ2v) is 5.68. The van der Waals surface area contributed by atoms with Gasteiger partial charge in [0, 0.05) is 19.6 Å². The summed E-state index contributed by atoms with van der Waals surface area (Å²) >= 11 is 5.79. The van der Waals surface area contributed by atoms with Gasteiger partial charge in [0.05, 0.1) is 11.6 Å². The van der Waals surface area contributed by atoms with Crippen LogP contribution in [0.2, 0.25) is 5.02 Å². The van der Waals surface area contributed by atoms with Crippen LogP contribution in [0.25, 0.3) is 0 Å². The molecule has 0 spiro atoms. The molecule has 1 aromatic carbocycles. The van der Waals surface area contributed by atoms with Crippen LogP contribution in [-0.4, -0.2) is 39.2 Å². The predicted molar refractivity (Wildman–Crippen MR) is 78.9 cm³/mol. The van der Waals surface area contributed by atoms with Crippen LogP contribution >= 0.6 is 11.6 Å². The number of nitrogens with one attached hydrogen (secondary N) is 1. The number of benzene rings is 1. The number of hydrogen-bond acceptors (Lipinski definition) is 4. The van der Waals surface area contributed by atoms with E-state index in [2.05, 4.69) is 15.5 Å². The molecule has 1 N–H and O–H groups in total. The van der Waals surface area contributed by atoms with Crippen molar-refractivity contribution in [1.29, 1.82) is 0 Å². The zero-order chi connectivity index (χ0) is 15.7. The fraction of sp³-hybridized carbons (Fsp3) is 0.357. The number of halogens is 2. The van der Waals surface area contributed by atoms with Gasteiger partial charge in [-0.05, 0) is 24.7 Å². The van der Waals surface area contributed by atoms with Crippen LogP contribution < -0.4 is 5.32 Å². The molecule has 0 atom stereocenters. The number of nitrogens with zero attached hydrogens (tertiary/aromatic N) is 4. The Labute approximate surface area is 131 Å². The summed E-state index contributed by atoms with van der Waals surface area (Å²) in [5.41, 5.74) is 0.907. The maximum Gasteiger partial charge on any atom is 0.289 e. The van der Waals surface area contributed by atoms with E-state index in [0.717, 1.165) is 11.4 Å². The molecule has 1 aliphatic heterocycles. The molecule has 0 fully saturated rings. The van der Waals surface area contributed by atoms with Gasteiger partial charge in [-0.3, -0.25) is 9.69 Å². The fourth-order valence-electron chi connectivity index (χ4n) is 2.46. The average molecular weight is 324 g/mol. The first kappa shape index (κ1) is 14.9. The number of carbonyl (C=O) groups is 1. The highest BCUT2D eigenvalue weighted by atomic mass is 35.5. The van der Waals surface area contributed by atoms with Gasteiger partial charge in [-0.25, -0.2) is 4.39 Å². The molecular formula is C14H15ClFN5O. The van der Waals surface area contributed by atoms with Crippen molar-refractivity contribution >= 4 is 17.5 Å². The van der Waals surface area contributed by atoms with E-state index >= 15 is 0 Å². The molecule has 116 valence electrons. The van der Waals surface area contributed by atoms with Crippen molar-refractivity contribution in [2.45, 2.75) is 19.6 Å². The Bertz CT molecular complexity index is 717. The van der Waals surface area contributed by atoms with Gasteiger partial charge < -0.3 is 9.88 Å². The number of aromatic nitrogens is 3. The lowest BCUT2D eigenvalue weighted by Crippen LogP contribution is -2.36. The first-order valence-corrected chi connectivity index (χ1v) is 7.25. The second-order valence-electron chi connectivity index (χ2n) is 5.27. The number of fused-ring (bicyclic) bond motifs is 1. The summed E-state index contributed by atoms with van der Waals surface area (Å²) in [7, 11) is 1.92. The molecule has 2 aromatic rings. The SMILES string of the molecule is CN(Cc1ccc(F)c(Cl)c1)Cc1nnc2n1CCNC2=O. The summed E-state index contributed by atoms with van der Waals surface area (Å²) in [6.45, 7) is 2.37. The third-order valence-corrected chi connectivity index (χ3v) is 3.79. The van der Waals surface area contributed by atoms with E-state index in [1.807, 2.05) is 16.5 Å². The fourth-order valence-corrected chi connectivity index (χ4v) is 2.67. The quantitative estimate of drug-likeness (QED) is 0.925. The van der Waals surface area contributed by atoms with E-state index in [4.69, 9.17) is 11.6 Å². The van der Waals surface area contributed by atoms with Gasteiger partial charge in [0.15, 0.2) is 0 Å². The maximum absolute atomic E-state index is 13.2. The summed E-state index contributed by atoms with van der Waals surface area (Å²) in [6, 6.07) is 4.67. The molecule has 22 heavy (non-hydrogen) atoms. The number of carbonyl (C=O) groups excluding carboxylic acids is 1. The van der Waals surface area contributed by atoms with E-state index in [1.54, 1.807) is 12.1 Å². The molecule has 2 heterocycles. The smallest absolute Gasteiger partial charge is 0.289 e. The first-order valence-electron chi connectivity index (χ1n) is 6.87. The largest absolute Gasteiger partial charge is 0.348 e. The number of hydrogen-bond donors (Lipinski definition) is 1. The molecule has 0 bridgehead atoms. The molecule has 1 aromatic heterocycles. The Hall–Kier alpha value is -1.99. The molecule has 6 nitrogen and oxygen atoms in total. The van der Waals surface area contributed by atoms with E-state index in [1.165, 1.54) is 6.07 Å². The number of amides is 1. The Kier molecular flexibility index (Phi) is 4.08. The molecule has 0 saturated carbocycles. The lowest BCUT2D eigenvalue weighted by atomic mass is 10.2. The Balaban J connectivity index is 1.70. The topological polar surface area (TPSA) is 63.1 Å².